The summed E-state index contributed by atoms with van der Waals surface area (Å²) >= 11 is 11.8. The molecule has 2 aromatic rings. The molecular formula is C13H11Cl2NO3. The topological polar surface area (TPSA) is 63.3 Å². The van der Waals surface area contributed by atoms with Gasteiger partial charge in [-0.2, -0.15) is 0 Å². The van der Waals surface area contributed by atoms with Crippen molar-refractivity contribution >= 4 is 29.2 Å². The van der Waals surface area contributed by atoms with Crippen LogP contribution in [0, 0.1) is 0 Å². The maximum atomic E-state index is 11.4. The fraction of sp³-hybridized carbons (Fsp3) is 0.231. The minimum Gasteiger partial charge on any atom is -0.477 e. The normalized spacial score (nSPS) is 11.0. The first-order valence-corrected chi connectivity index (χ1v) is 6.35. The smallest absolute Gasteiger partial charge is 0.341 e. The Kier molecular flexibility index (Phi) is 3.83. The quantitative estimate of drug-likeness (QED) is 0.908. The van der Waals surface area contributed by atoms with Crippen molar-refractivity contribution in [2.24, 2.45) is 0 Å². The molecule has 1 aromatic carbocycles. The molecule has 0 aliphatic carbocycles. The third-order valence-corrected chi connectivity index (χ3v) is 3.39. The van der Waals surface area contributed by atoms with Gasteiger partial charge in [-0.1, -0.05) is 48.3 Å². The number of hydrogen-bond acceptors (Lipinski definition) is 3. The number of hydrogen-bond donors (Lipinski definition) is 1. The van der Waals surface area contributed by atoms with Crippen molar-refractivity contribution in [3.8, 4) is 11.3 Å². The summed E-state index contributed by atoms with van der Waals surface area (Å²) in [4.78, 5) is 11.4. The predicted molar refractivity (Wildman–Crippen MR) is 73.0 cm³/mol. The molecule has 100 valence electrons. The van der Waals surface area contributed by atoms with E-state index in [4.69, 9.17) is 27.7 Å². The molecule has 0 amide bonds. The van der Waals surface area contributed by atoms with Gasteiger partial charge in [0.15, 0.2) is 5.76 Å². The van der Waals surface area contributed by atoms with E-state index in [1.165, 1.54) is 0 Å². The van der Waals surface area contributed by atoms with Crippen LogP contribution in [0.25, 0.3) is 11.3 Å². The fourth-order valence-electron chi connectivity index (χ4n) is 1.74. The molecule has 2 rings (SSSR count). The Balaban J connectivity index is 2.62. The first-order chi connectivity index (χ1) is 8.91. The van der Waals surface area contributed by atoms with Crippen molar-refractivity contribution in [2.45, 2.75) is 19.8 Å². The maximum absolute atomic E-state index is 11.4. The van der Waals surface area contributed by atoms with Gasteiger partial charge in [-0.05, 0) is 12.1 Å². The Morgan fingerprint density at radius 2 is 2.00 bits per heavy atom. The molecule has 19 heavy (non-hydrogen) atoms. The molecule has 0 fully saturated rings. The molecule has 0 bridgehead atoms. The molecule has 0 atom stereocenters. The van der Waals surface area contributed by atoms with Crippen LogP contribution in [0.5, 0.6) is 0 Å². The molecule has 0 spiro atoms. The summed E-state index contributed by atoms with van der Waals surface area (Å²) in [7, 11) is 0. The zero-order valence-electron chi connectivity index (χ0n) is 10.3. The average Bonchev–Trinajstić information content (AvgIpc) is 2.77. The van der Waals surface area contributed by atoms with Crippen LogP contribution in [0.2, 0.25) is 10.0 Å². The van der Waals surface area contributed by atoms with E-state index in [1.807, 2.05) is 13.8 Å². The minimum atomic E-state index is -1.08. The van der Waals surface area contributed by atoms with Crippen molar-refractivity contribution in [1.29, 1.82) is 0 Å². The highest BCUT2D eigenvalue weighted by molar-refractivity contribution is 6.42. The average molecular weight is 300 g/mol. The van der Waals surface area contributed by atoms with Gasteiger partial charge in [0, 0.05) is 11.5 Å². The van der Waals surface area contributed by atoms with E-state index < -0.39 is 5.97 Å². The minimum absolute atomic E-state index is 0.0633. The Morgan fingerprint density at radius 1 is 1.32 bits per heavy atom. The summed E-state index contributed by atoms with van der Waals surface area (Å²) in [6.07, 6.45) is 0. The number of carboxylic acids is 1. The molecule has 0 unspecified atom stereocenters. The SMILES string of the molecule is CC(C)c1onc(-c2ccc(Cl)c(Cl)c2)c1C(=O)O. The Bertz CT molecular complexity index is 635. The van der Waals surface area contributed by atoms with Crippen LogP contribution in [0.15, 0.2) is 22.7 Å². The second kappa shape index (κ2) is 5.23. The highest BCUT2D eigenvalue weighted by Gasteiger charge is 2.25. The van der Waals surface area contributed by atoms with E-state index in [1.54, 1.807) is 18.2 Å². The van der Waals surface area contributed by atoms with Crippen molar-refractivity contribution in [3.05, 3.63) is 39.6 Å². The number of carbonyl (C=O) groups is 1. The van der Waals surface area contributed by atoms with Gasteiger partial charge in [0.05, 0.1) is 10.0 Å². The molecule has 0 aliphatic heterocycles. The van der Waals surface area contributed by atoms with Crippen molar-refractivity contribution < 1.29 is 14.4 Å². The number of aromatic nitrogens is 1. The number of rotatable bonds is 3. The van der Waals surface area contributed by atoms with Gasteiger partial charge >= 0.3 is 5.97 Å². The molecule has 6 heteroatoms. The molecule has 0 radical (unpaired) electrons. The number of aromatic carboxylic acids is 1. The van der Waals surface area contributed by atoms with Crippen LogP contribution < -0.4 is 0 Å². The predicted octanol–water partition coefficient (Wildman–Crippen LogP) is 4.47. The zero-order chi connectivity index (χ0) is 14.2. The van der Waals surface area contributed by atoms with E-state index >= 15 is 0 Å². The van der Waals surface area contributed by atoms with Gasteiger partial charge in [0.1, 0.15) is 11.3 Å². The molecule has 0 saturated heterocycles. The van der Waals surface area contributed by atoms with E-state index in [2.05, 4.69) is 5.16 Å². The monoisotopic (exact) mass is 299 g/mol. The Morgan fingerprint density at radius 3 is 2.53 bits per heavy atom. The molecular weight excluding hydrogens is 289 g/mol. The third-order valence-electron chi connectivity index (χ3n) is 2.65. The van der Waals surface area contributed by atoms with Crippen LogP contribution in [-0.4, -0.2) is 16.2 Å². The summed E-state index contributed by atoms with van der Waals surface area (Å²) in [6, 6.07) is 4.81. The van der Waals surface area contributed by atoms with E-state index in [9.17, 15) is 9.90 Å². The van der Waals surface area contributed by atoms with Crippen molar-refractivity contribution in [3.63, 3.8) is 0 Å². The van der Waals surface area contributed by atoms with Gasteiger partial charge in [0.2, 0.25) is 0 Å². The third kappa shape index (κ3) is 2.60. The van der Waals surface area contributed by atoms with Gasteiger partial charge in [0.25, 0.3) is 0 Å². The van der Waals surface area contributed by atoms with Crippen molar-refractivity contribution in [1.82, 2.24) is 5.16 Å². The Labute approximate surface area is 119 Å². The second-order valence-electron chi connectivity index (χ2n) is 4.36. The summed E-state index contributed by atoms with van der Waals surface area (Å²) in [5.74, 6) is -0.810. The highest BCUT2D eigenvalue weighted by Crippen LogP contribution is 2.33. The van der Waals surface area contributed by atoms with Crippen LogP contribution in [-0.2, 0) is 0 Å². The summed E-state index contributed by atoms with van der Waals surface area (Å²) in [6.45, 7) is 3.68. The lowest BCUT2D eigenvalue weighted by Crippen LogP contribution is -2.02. The number of nitrogens with zero attached hydrogens (tertiary/aromatic N) is 1. The lowest BCUT2D eigenvalue weighted by atomic mass is 10.0. The molecule has 1 N–H and O–H groups in total. The van der Waals surface area contributed by atoms with E-state index in [0.29, 0.717) is 21.4 Å². The lowest BCUT2D eigenvalue weighted by Gasteiger charge is -2.03. The van der Waals surface area contributed by atoms with Gasteiger partial charge in [-0.25, -0.2) is 4.79 Å². The summed E-state index contributed by atoms with van der Waals surface area (Å²) < 4.78 is 5.14. The molecule has 0 saturated carbocycles. The van der Waals surface area contributed by atoms with Crippen LogP contribution in [0.1, 0.15) is 35.9 Å². The first-order valence-electron chi connectivity index (χ1n) is 5.60. The van der Waals surface area contributed by atoms with Crippen molar-refractivity contribution in [2.75, 3.05) is 0 Å². The van der Waals surface area contributed by atoms with Crippen LogP contribution >= 0.6 is 23.2 Å². The van der Waals surface area contributed by atoms with Gasteiger partial charge < -0.3 is 9.63 Å². The van der Waals surface area contributed by atoms with Gasteiger partial charge in [-0.3, -0.25) is 0 Å². The number of benzene rings is 1. The van der Waals surface area contributed by atoms with E-state index in [0.717, 1.165) is 0 Å². The zero-order valence-corrected chi connectivity index (χ0v) is 11.8. The van der Waals surface area contributed by atoms with Crippen LogP contribution in [0.4, 0.5) is 0 Å². The summed E-state index contributed by atoms with van der Waals surface area (Å²) in [5.41, 5.74) is 0.880. The van der Waals surface area contributed by atoms with Gasteiger partial charge in [-0.15, -0.1) is 0 Å². The lowest BCUT2D eigenvalue weighted by molar-refractivity contribution is 0.0694. The Hall–Kier alpha value is -1.52. The first kappa shape index (κ1) is 13.9. The second-order valence-corrected chi connectivity index (χ2v) is 5.17. The molecule has 0 aliphatic rings. The standard InChI is InChI=1S/C13H11Cl2NO3/c1-6(2)12-10(13(17)18)11(16-19-12)7-3-4-8(14)9(15)5-7/h3-6H,1-2H3,(H,17,18). The fourth-order valence-corrected chi connectivity index (χ4v) is 2.04. The highest BCUT2D eigenvalue weighted by atomic mass is 35.5. The summed E-state index contributed by atoms with van der Waals surface area (Å²) in [5, 5.41) is 13.9. The maximum Gasteiger partial charge on any atom is 0.341 e. The largest absolute Gasteiger partial charge is 0.477 e. The van der Waals surface area contributed by atoms with E-state index in [-0.39, 0.29) is 17.2 Å². The van der Waals surface area contributed by atoms with Crippen LogP contribution in [0.3, 0.4) is 0 Å². The molecule has 4 nitrogen and oxygen atoms in total. The number of carboxylic acid groups (broad SMARTS) is 1. The number of halogens is 2. The molecule has 1 heterocycles. The molecule has 1 aromatic heterocycles.